The Balaban J connectivity index is 2.96. The van der Waals surface area contributed by atoms with Crippen LogP contribution in [0.25, 0.3) is 0 Å². The number of hydrogen-bond acceptors (Lipinski definition) is 2. The third-order valence-electron chi connectivity index (χ3n) is 1.26. The molecule has 1 aromatic heterocycles. The van der Waals surface area contributed by atoms with Gasteiger partial charge in [-0.1, -0.05) is 13.8 Å². The standard InChI is InChI=1S/C8H11N2/c1-6(2)8-9-5-4-7(3)10-8/h4,6H,1-3H3. The van der Waals surface area contributed by atoms with Crippen molar-refractivity contribution in [3.63, 3.8) is 0 Å². The molecule has 10 heavy (non-hydrogen) atoms. The van der Waals surface area contributed by atoms with E-state index in [9.17, 15) is 0 Å². The minimum atomic E-state index is 0.399. The van der Waals surface area contributed by atoms with Crippen LogP contribution < -0.4 is 0 Å². The molecule has 1 heterocycles. The van der Waals surface area contributed by atoms with E-state index in [1.807, 2.05) is 6.92 Å². The largest absolute Gasteiger partial charge is 0.238 e. The highest BCUT2D eigenvalue weighted by Gasteiger charge is 2.00. The predicted molar refractivity (Wildman–Crippen MR) is 39.7 cm³/mol. The van der Waals surface area contributed by atoms with Gasteiger partial charge in [-0.05, 0) is 13.0 Å². The second kappa shape index (κ2) is 2.78. The molecule has 2 nitrogen and oxygen atoms in total. The maximum Gasteiger partial charge on any atom is 0.131 e. The molecule has 0 unspecified atom stereocenters. The summed E-state index contributed by atoms with van der Waals surface area (Å²) in [6, 6.07) is 1.78. The van der Waals surface area contributed by atoms with E-state index in [2.05, 4.69) is 30.0 Å². The van der Waals surface area contributed by atoms with Gasteiger partial charge >= 0.3 is 0 Å². The molecule has 1 radical (unpaired) electrons. The van der Waals surface area contributed by atoms with E-state index in [4.69, 9.17) is 0 Å². The molecule has 1 aromatic rings. The van der Waals surface area contributed by atoms with E-state index in [1.54, 1.807) is 6.07 Å². The summed E-state index contributed by atoms with van der Waals surface area (Å²) in [5.41, 5.74) is 0.985. The van der Waals surface area contributed by atoms with Crippen LogP contribution in [0.2, 0.25) is 0 Å². The Hall–Kier alpha value is -0.920. The zero-order valence-corrected chi connectivity index (χ0v) is 6.55. The third-order valence-corrected chi connectivity index (χ3v) is 1.26. The van der Waals surface area contributed by atoms with Gasteiger partial charge in [0.1, 0.15) is 5.82 Å². The van der Waals surface area contributed by atoms with Crippen LogP contribution in [0.5, 0.6) is 0 Å². The number of rotatable bonds is 1. The Morgan fingerprint density at radius 2 is 2.20 bits per heavy atom. The average molecular weight is 135 g/mol. The molecule has 0 bridgehead atoms. The van der Waals surface area contributed by atoms with E-state index in [-0.39, 0.29) is 0 Å². The van der Waals surface area contributed by atoms with Crippen molar-refractivity contribution in [2.75, 3.05) is 0 Å². The Kier molecular flexibility index (Phi) is 2.00. The number of hydrogen-bond donors (Lipinski definition) is 0. The molecule has 0 atom stereocenters. The topological polar surface area (TPSA) is 25.8 Å². The van der Waals surface area contributed by atoms with Crippen LogP contribution >= 0.6 is 0 Å². The van der Waals surface area contributed by atoms with Gasteiger partial charge in [0.15, 0.2) is 0 Å². The Labute approximate surface area is 61.3 Å². The van der Waals surface area contributed by atoms with E-state index in [0.717, 1.165) is 11.5 Å². The first-order valence-corrected chi connectivity index (χ1v) is 3.42. The van der Waals surface area contributed by atoms with Crippen molar-refractivity contribution in [3.8, 4) is 0 Å². The quantitative estimate of drug-likeness (QED) is 0.585. The van der Waals surface area contributed by atoms with Crippen molar-refractivity contribution < 1.29 is 0 Å². The molecule has 0 fully saturated rings. The lowest BCUT2D eigenvalue weighted by molar-refractivity contribution is 0.764. The highest BCUT2D eigenvalue weighted by Crippen LogP contribution is 2.06. The van der Waals surface area contributed by atoms with Gasteiger partial charge in [-0.25, -0.2) is 9.97 Å². The monoisotopic (exact) mass is 135 g/mol. The van der Waals surface area contributed by atoms with Gasteiger partial charge in [0.2, 0.25) is 0 Å². The van der Waals surface area contributed by atoms with Crippen molar-refractivity contribution in [2.45, 2.75) is 26.7 Å². The molecule has 0 N–H and O–H groups in total. The molecular weight excluding hydrogens is 124 g/mol. The first kappa shape index (κ1) is 7.19. The lowest BCUT2D eigenvalue weighted by Crippen LogP contribution is -1.97. The highest BCUT2D eigenvalue weighted by atomic mass is 14.9. The van der Waals surface area contributed by atoms with Crippen LogP contribution in [0.4, 0.5) is 0 Å². The summed E-state index contributed by atoms with van der Waals surface area (Å²) in [4.78, 5) is 8.23. The van der Waals surface area contributed by atoms with Crippen molar-refractivity contribution >= 4 is 0 Å². The highest BCUT2D eigenvalue weighted by molar-refractivity contribution is 5.00. The third kappa shape index (κ3) is 1.53. The Bertz CT molecular complexity index is 218. The number of aryl methyl sites for hydroxylation is 1. The van der Waals surface area contributed by atoms with E-state index >= 15 is 0 Å². The summed E-state index contributed by atoms with van der Waals surface area (Å²) in [5.74, 6) is 1.27. The molecular formula is C8H11N2. The van der Waals surface area contributed by atoms with E-state index in [0.29, 0.717) is 5.92 Å². The summed E-state index contributed by atoms with van der Waals surface area (Å²) in [7, 11) is 0. The molecule has 0 aromatic carbocycles. The van der Waals surface area contributed by atoms with Crippen molar-refractivity contribution in [2.24, 2.45) is 0 Å². The zero-order valence-electron chi connectivity index (χ0n) is 6.55. The van der Waals surface area contributed by atoms with Gasteiger partial charge in [-0.15, -0.1) is 0 Å². The molecule has 0 saturated carbocycles. The SMILES string of the molecule is Cc1c[c]nc(C(C)C)n1. The summed E-state index contributed by atoms with van der Waals surface area (Å²) in [6.07, 6.45) is 2.80. The van der Waals surface area contributed by atoms with Crippen molar-refractivity contribution in [1.82, 2.24) is 9.97 Å². The van der Waals surface area contributed by atoms with Gasteiger partial charge in [0, 0.05) is 11.6 Å². The smallest absolute Gasteiger partial charge is 0.131 e. The molecule has 0 saturated heterocycles. The molecule has 0 aliphatic rings. The van der Waals surface area contributed by atoms with Crippen LogP contribution in [0.1, 0.15) is 31.3 Å². The van der Waals surface area contributed by atoms with Gasteiger partial charge in [-0.3, -0.25) is 0 Å². The molecule has 0 spiro atoms. The van der Waals surface area contributed by atoms with Gasteiger partial charge < -0.3 is 0 Å². The second-order valence-electron chi connectivity index (χ2n) is 2.65. The maximum atomic E-state index is 4.23. The molecule has 1 rings (SSSR count). The second-order valence-corrected chi connectivity index (χ2v) is 2.65. The van der Waals surface area contributed by atoms with Crippen molar-refractivity contribution in [3.05, 3.63) is 23.8 Å². The molecule has 0 amide bonds. The Morgan fingerprint density at radius 1 is 1.50 bits per heavy atom. The van der Waals surface area contributed by atoms with Gasteiger partial charge in [0.25, 0.3) is 0 Å². The zero-order chi connectivity index (χ0) is 7.56. The summed E-state index contributed by atoms with van der Waals surface area (Å²) in [5, 5.41) is 0. The molecule has 2 heteroatoms. The summed E-state index contributed by atoms with van der Waals surface area (Å²) >= 11 is 0. The van der Waals surface area contributed by atoms with Crippen LogP contribution in [0, 0.1) is 13.1 Å². The fraction of sp³-hybridized carbons (Fsp3) is 0.500. The van der Waals surface area contributed by atoms with Crippen LogP contribution in [0.3, 0.4) is 0 Å². The normalized spacial score (nSPS) is 10.4. The predicted octanol–water partition coefficient (Wildman–Crippen LogP) is 1.71. The molecule has 0 aliphatic carbocycles. The number of aromatic nitrogens is 2. The van der Waals surface area contributed by atoms with E-state index < -0.39 is 0 Å². The summed E-state index contributed by atoms with van der Waals surface area (Å²) < 4.78 is 0. The van der Waals surface area contributed by atoms with Gasteiger partial charge in [0.05, 0.1) is 6.20 Å². The molecule has 53 valence electrons. The van der Waals surface area contributed by atoms with Gasteiger partial charge in [-0.2, -0.15) is 0 Å². The molecule has 0 aliphatic heterocycles. The number of nitrogens with zero attached hydrogens (tertiary/aromatic N) is 2. The van der Waals surface area contributed by atoms with Crippen molar-refractivity contribution in [1.29, 1.82) is 0 Å². The van der Waals surface area contributed by atoms with E-state index in [1.165, 1.54) is 0 Å². The first-order valence-electron chi connectivity index (χ1n) is 3.42. The van der Waals surface area contributed by atoms with Crippen LogP contribution in [0.15, 0.2) is 6.07 Å². The minimum Gasteiger partial charge on any atom is -0.238 e. The lowest BCUT2D eigenvalue weighted by atomic mass is 10.2. The maximum absolute atomic E-state index is 4.23. The fourth-order valence-corrected chi connectivity index (χ4v) is 0.688. The van der Waals surface area contributed by atoms with Crippen LogP contribution in [-0.2, 0) is 0 Å². The first-order chi connectivity index (χ1) is 4.70. The average Bonchev–Trinajstić information content (AvgIpc) is 1.88. The fourth-order valence-electron chi connectivity index (χ4n) is 0.688. The minimum absolute atomic E-state index is 0.399. The lowest BCUT2D eigenvalue weighted by Gasteiger charge is -2.01. The summed E-state index contributed by atoms with van der Waals surface area (Å²) in [6.45, 7) is 6.09. The Morgan fingerprint density at radius 3 is 2.60 bits per heavy atom. The van der Waals surface area contributed by atoms with Crippen LogP contribution in [-0.4, -0.2) is 9.97 Å².